The molecule has 2 aromatic rings. The van der Waals surface area contributed by atoms with Crippen molar-refractivity contribution in [2.45, 2.75) is 0 Å². The highest BCUT2D eigenvalue weighted by Gasteiger charge is 2.06. The van der Waals surface area contributed by atoms with Crippen molar-refractivity contribution in [1.29, 1.82) is 0 Å². The summed E-state index contributed by atoms with van der Waals surface area (Å²) in [6.07, 6.45) is 3.35. The van der Waals surface area contributed by atoms with Crippen molar-refractivity contribution in [3.05, 3.63) is 30.0 Å². The molecule has 2 rings (SSSR count). The molecule has 0 aliphatic rings. The van der Waals surface area contributed by atoms with Gasteiger partial charge in [0.25, 0.3) is 0 Å². The Labute approximate surface area is 74.6 Å². The minimum atomic E-state index is -0.534. The second-order valence-electron chi connectivity index (χ2n) is 2.62. The van der Waals surface area contributed by atoms with Crippen LogP contribution in [0.25, 0.3) is 5.65 Å². The fourth-order valence-corrected chi connectivity index (χ4v) is 1.17. The second kappa shape index (κ2) is 2.69. The first-order valence-electron chi connectivity index (χ1n) is 3.59. The monoisotopic (exact) mass is 174 g/mol. The first-order valence-corrected chi connectivity index (χ1v) is 3.59. The van der Waals surface area contributed by atoms with Crippen molar-refractivity contribution in [2.75, 3.05) is 0 Å². The molecule has 62 valence electrons. The van der Waals surface area contributed by atoms with Crippen molar-refractivity contribution in [3.8, 4) is 0 Å². The predicted molar refractivity (Wildman–Crippen MR) is 45.9 cm³/mol. The quantitative estimate of drug-likeness (QED) is 0.453. The number of hydrogen-bond donors (Lipinski definition) is 0. The number of halogens is 1. The second-order valence-corrected chi connectivity index (χ2v) is 2.62. The summed E-state index contributed by atoms with van der Waals surface area (Å²) in [6, 6.07) is 1.16. The molecule has 0 aliphatic carbocycles. The van der Waals surface area contributed by atoms with Gasteiger partial charge in [-0.25, -0.2) is 9.37 Å². The number of nitrogens with zero attached hydrogens (tertiary/aromatic N) is 2. The van der Waals surface area contributed by atoms with Gasteiger partial charge in [0.2, 0.25) is 0 Å². The van der Waals surface area contributed by atoms with Crippen molar-refractivity contribution in [1.82, 2.24) is 9.38 Å². The predicted octanol–water partition coefficient (Wildman–Crippen LogP) is 0.0797. The number of rotatable bonds is 1. The number of carbonyl (C=O) groups is 1. The molecular formula is C8H4BFN2O. The standard InChI is InChI=1S/C8H4BFN2O/c9-5-1-7(10)8-11-2-6(4-13)12(8)3-5/h1-4H. The molecule has 0 bridgehead atoms. The van der Waals surface area contributed by atoms with Gasteiger partial charge in [-0.05, 0) is 6.07 Å². The van der Waals surface area contributed by atoms with Gasteiger partial charge >= 0.3 is 0 Å². The number of aldehydes is 1. The minimum absolute atomic E-state index is 0.108. The zero-order valence-corrected chi connectivity index (χ0v) is 6.57. The Kier molecular flexibility index (Phi) is 1.65. The Bertz CT molecular complexity index is 480. The average Bonchev–Trinajstić information content (AvgIpc) is 2.47. The summed E-state index contributed by atoms with van der Waals surface area (Å²) in [5.74, 6) is -0.534. The third-order valence-corrected chi connectivity index (χ3v) is 1.73. The van der Waals surface area contributed by atoms with Crippen LogP contribution in [0.15, 0.2) is 18.5 Å². The first kappa shape index (κ1) is 7.98. The molecule has 0 fully saturated rings. The lowest BCUT2D eigenvalue weighted by molar-refractivity contribution is 0.111. The van der Waals surface area contributed by atoms with E-state index in [1.54, 1.807) is 0 Å². The topological polar surface area (TPSA) is 34.4 Å². The largest absolute Gasteiger partial charge is 0.296 e. The Morgan fingerprint density at radius 3 is 3.08 bits per heavy atom. The van der Waals surface area contributed by atoms with Gasteiger partial charge in [-0.15, -0.1) is 0 Å². The molecule has 0 saturated carbocycles. The number of aromatic nitrogens is 2. The summed E-state index contributed by atoms with van der Waals surface area (Å²) in [6.45, 7) is 0. The SMILES string of the molecule is [B]c1cc(F)c2ncc(C=O)n2c1. The van der Waals surface area contributed by atoms with Crippen LogP contribution in [-0.2, 0) is 0 Å². The zero-order valence-electron chi connectivity index (χ0n) is 6.57. The van der Waals surface area contributed by atoms with Gasteiger partial charge in [-0.3, -0.25) is 9.20 Å². The smallest absolute Gasteiger partial charge is 0.173 e. The maximum atomic E-state index is 13.1. The van der Waals surface area contributed by atoms with Crippen molar-refractivity contribution < 1.29 is 9.18 Å². The van der Waals surface area contributed by atoms with Crippen LogP contribution in [0.3, 0.4) is 0 Å². The minimum Gasteiger partial charge on any atom is -0.296 e. The summed E-state index contributed by atoms with van der Waals surface area (Å²) in [4.78, 5) is 14.2. The number of imidazole rings is 1. The maximum Gasteiger partial charge on any atom is 0.173 e. The molecule has 13 heavy (non-hydrogen) atoms. The van der Waals surface area contributed by atoms with Crippen molar-refractivity contribution >= 4 is 25.2 Å². The molecule has 0 spiro atoms. The summed E-state index contributed by atoms with van der Waals surface area (Å²) in [5.41, 5.74) is 0.642. The van der Waals surface area contributed by atoms with Crippen LogP contribution in [0.4, 0.5) is 4.39 Å². The van der Waals surface area contributed by atoms with E-state index in [0.29, 0.717) is 6.29 Å². The van der Waals surface area contributed by atoms with Crippen LogP contribution in [0.1, 0.15) is 10.5 Å². The molecule has 0 amide bonds. The normalized spacial score (nSPS) is 10.5. The van der Waals surface area contributed by atoms with E-state index in [0.717, 1.165) is 6.07 Å². The molecule has 0 aromatic carbocycles. The van der Waals surface area contributed by atoms with Gasteiger partial charge < -0.3 is 0 Å². The van der Waals surface area contributed by atoms with Gasteiger partial charge in [0, 0.05) is 6.20 Å². The zero-order chi connectivity index (χ0) is 9.42. The third kappa shape index (κ3) is 1.12. The van der Waals surface area contributed by atoms with Crippen LogP contribution in [0, 0.1) is 5.82 Å². The highest BCUT2D eigenvalue weighted by molar-refractivity contribution is 6.32. The molecule has 0 N–H and O–H groups in total. The molecule has 5 heteroatoms. The van der Waals surface area contributed by atoms with E-state index >= 15 is 0 Å². The lowest BCUT2D eigenvalue weighted by Gasteiger charge is -1.98. The lowest BCUT2D eigenvalue weighted by atomic mass is 9.99. The summed E-state index contributed by atoms with van der Waals surface area (Å²) >= 11 is 0. The van der Waals surface area contributed by atoms with E-state index in [4.69, 9.17) is 7.85 Å². The highest BCUT2D eigenvalue weighted by atomic mass is 19.1. The molecule has 0 atom stereocenters. The lowest BCUT2D eigenvalue weighted by Crippen LogP contribution is -2.08. The van der Waals surface area contributed by atoms with Crippen LogP contribution in [0.2, 0.25) is 0 Å². The van der Waals surface area contributed by atoms with Crippen molar-refractivity contribution in [3.63, 3.8) is 0 Å². The summed E-state index contributed by atoms with van der Waals surface area (Å²) in [7, 11) is 5.40. The van der Waals surface area contributed by atoms with Gasteiger partial charge in [-0.2, -0.15) is 0 Å². The Morgan fingerprint density at radius 1 is 1.62 bits per heavy atom. The molecule has 0 unspecified atom stereocenters. The first-order chi connectivity index (χ1) is 6.22. The van der Waals surface area contributed by atoms with E-state index in [2.05, 4.69) is 4.98 Å². The summed E-state index contributed by atoms with van der Waals surface area (Å²) in [5, 5.41) is 0. The average molecular weight is 174 g/mol. The van der Waals surface area contributed by atoms with Crippen LogP contribution < -0.4 is 5.46 Å². The van der Waals surface area contributed by atoms with E-state index < -0.39 is 5.82 Å². The fourth-order valence-electron chi connectivity index (χ4n) is 1.17. The van der Waals surface area contributed by atoms with Crippen LogP contribution >= 0.6 is 0 Å². The van der Waals surface area contributed by atoms with Gasteiger partial charge in [0.15, 0.2) is 17.8 Å². The molecular weight excluding hydrogens is 170 g/mol. The third-order valence-electron chi connectivity index (χ3n) is 1.73. The number of pyridine rings is 1. The van der Waals surface area contributed by atoms with Gasteiger partial charge in [0.1, 0.15) is 13.5 Å². The maximum absolute atomic E-state index is 13.1. The Balaban J connectivity index is 2.89. The number of carbonyl (C=O) groups excluding carboxylic acids is 1. The molecule has 3 nitrogen and oxygen atoms in total. The summed E-state index contributed by atoms with van der Waals surface area (Å²) < 4.78 is 14.4. The Hall–Kier alpha value is -1.65. The van der Waals surface area contributed by atoms with Gasteiger partial charge in [-0.1, -0.05) is 5.46 Å². The van der Waals surface area contributed by atoms with E-state index in [-0.39, 0.29) is 16.8 Å². The van der Waals surface area contributed by atoms with Crippen LogP contribution in [0.5, 0.6) is 0 Å². The van der Waals surface area contributed by atoms with E-state index in [1.165, 1.54) is 16.8 Å². The molecule has 0 aliphatic heterocycles. The van der Waals surface area contributed by atoms with Crippen LogP contribution in [-0.4, -0.2) is 23.5 Å². The molecule has 2 radical (unpaired) electrons. The van der Waals surface area contributed by atoms with Crippen molar-refractivity contribution in [2.24, 2.45) is 0 Å². The van der Waals surface area contributed by atoms with E-state index in [9.17, 15) is 9.18 Å². The van der Waals surface area contributed by atoms with E-state index in [1.807, 2.05) is 0 Å². The Morgan fingerprint density at radius 2 is 2.38 bits per heavy atom. The molecule has 0 saturated heterocycles. The fraction of sp³-hybridized carbons (Fsp3) is 0. The molecule has 2 heterocycles. The molecule has 2 aromatic heterocycles. The highest BCUT2D eigenvalue weighted by Crippen LogP contribution is 2.07. The number of fused-ring (bicyclic) bond motifs is 1. The van der Waals surface area contributed by atoms with Gasteiger partial charge in [0.05, 0.1) is 6.20 Å². The number of hydrogen-bond acceptors (Lipinski definition) is 2.